The summed E-state index contributed by atoms with van der Waals surface area (Å²) in [6, 6.07) is 5.33. The summed E-state index contributed by atoms with van der Waals surface area (Å²) in [5.74, 6) is -0.625. The molecule has 1 saturated carbocycles. The van der Waals surface area contributed by atoms with Gasteiger partial charge in [-0.05, 0) is 43.0 Å². The first kappa shape index (κ1) is 12.7. The molecule has 4 nitrogen and oxygen atoms in total. The van der Waals surface area contributed by atoms with Gasteiger partial charge in [0.1, 0.15) is 5.69 Å². The van der Waals surface area contributed by atoms with E-state index in [4.69, 9.17) is 11.6 Å². The normalized spacial score (nSPS) is 17.8. The average Bonchev–Trinajstić information content (AvgIpc) is 3.16. The van der Waals surface area contributed by atoms with Crippen LogP contribution in [0.15, 0.2) is 18.2 Å². The fourth-order valence-corrected chi connectivity index (χ4v) is 3.10. The Morgan fingerprint density at radius 1 is 1.33 bits per heavy atom. The van der Waals surface area contributed by atoms with Gasteiger partial charge in [-0.25, -0.2) is 14.4 Å². The van der Waals surface area contributed by atoms with Gasteiger partial charge in [0, 0.05) is 11.1 Å². The second-order valence-corrected chi connectivity index (χ2v) is 5.88. The van der Waals surface area contributed by atoms with E-state index in [1.807, 2.05) is 6.07 Å². The van der Waals surface area contributed by atoms with Gasteiger partial charge >= 0.3 is 0 Å². The van der Waals surface area contributed by atoms with Crippen molar-refractivity contribution in [3.63, 3.8) is 0 Å². The minimum atomic E-state index is -0.515. The van der Waals surface area contributed by atoms with Crippen molar-refractivity contribution in [1.29, 1.82) is 0 Å². The predicted octanol–water partition coefficient (Wildman–Crippen LogP) is 2.98. The molecule has 0 bridgehead atoms. The largest absolute Gasteiger partial charge is 0.342 e. The lowest BCUT2D eigenvalue weighted by Gasteiger charge is -2.09. The average molecular weight is 304 g/mol. The molecule has 0 saturated heterocycles. The van der Waals surface area contributed by atoms with E-state index in [1.54, 1.807) is 12.1 Å². The smallest absolute Gasteiger partial charge is 0.252 e. The van der Waals surface area contributed by atoms with E-state index in [0.29, 0.717) is 11.1 Å². The maximum absolute atomic E-state index is 14.2. The first-order valence-corrected chi connectivity index (χ1v) is 7.05. The quantitative estimate of drug-likeness (QED) is 0.824. The molecule has 2 aliphatic rings. The molecule has 2 heterocycles. The van der Waals surface area contributed by atoms with Crippen molar-refractivity contribution in [1.82, 2.24) is 15.3 Å². The van der Waals surface area contributed by atoms with Crippen molar-refractivity contribution in [2.24, 2.45) is 0 Å². The molecule has 4 rings (SSSR count). The number of nitrogens with one attached hydrogen (secondary N) is 1. The molecule has 1 spiro atoms. The Balaban J connectivity index is 1.89. The Labute approximate surface area is 125 Å². The molecule has 0 radical (unpaired) electrons. The molecule has 0 atom stereocenters. The number of amides is 1. The first-order chi connectivity index (χ1) is 10.00. The van der Waals surface area contributed by atoms with Gasteiger partial charge in [-0.15, -0.1) is 0 Å². The molecule has 21 heavy (non-hydrogen) atoms. The monoisotopic (exact) mass is 303 g/mol. The summed E-state index contributed by atoms with van der Waals surface area (Å²) in [6.07, 6.45) is 1.91. The van der Waals surface area contributed by atoms with Crippen molar-refractivity contribution in [2.45, 2.75) is 25.3 Å². The van der Waals surface area contributed by atoms with Gasteiger partial charge in [-0.1, -0.05) is 12.1 Å². The Bertz CT molecular complexity index is 802. The van der Waals surface area contributed by atoms with Crippen LogP contribution in [0.2, 0.25) is 5.28 Å². The Morgan fingerprint density at radius 2 is 2.10 bits per heavy atom. The summed E-state index contributed by atoms with van der Waals surface area (Å²) in [7, 11) is 0. The minimum absolute atomic E-state index is 0.00693. The highest BCUT2D eigenvalue weighted by Gasteiger charge is 2.52. The summed E-state index contributed by atoms with van der Waals surface area (Å²) < 4.78 is 14.2. The molecule has 2 aromatic rings. The maximum Gasteiger partial charge on any atom is 0.252 e. The van der Waals surface area contributed by atoms with Gasteiger partial charge in [0.05, 0.1) is 11.2 Å². The third kappa shape index (κ3) is 1.77. The number of rotatable bonds is 1. The van der Waals surface area contributed by atoms with E-state index in [-0.39, 0.29) is 28.1 Å². The van der Waals surface area contributed by atoms with Crippen LogP contribution in [0.1, 0.15) is 34.5 Å². The summed E-state index contributed by atoms with van der Waals surface area (Å²) in [5.41, 5.74) is 2.26. The number of benzene rings is 1. The summed E-state index contributed by atoms with van der Waals surface area (Å²) >= 11 is 5.81. The number of hydrogen-bond acceptors (Lipinski definition) is 3. The standard InChI is InChI=1S/C15H11ClFN3O/c1-7-11(17)12(19-14(16)18-7)8-2-3-10-9(6-8)13(21)20-15(10)4-5-15/h2-3,6H,4-5H2,1H3,(H,20,21). The van der Waals surface area contributed by atoms with Gasteiger partial charge in [-0.3, -0.25) is 4.79 Å². The number of aromatic nitrogens is 2. The number of carbonyl (C=O) groups excluding carboxylic acids is 1. The van der Waals surface area contributed by atoms with E-state index >= 15 is 0 Å². The number of halogens is 2. The van der Waals surface area contributed by atoms with Crippen molar-refractivity contribution in [3.05, 3.63) is 46.1 Å². The van der Waals surface area contributed by atoms with E-state index < -0.39 is 5.82 Å². The molecule has 1 aliphatic heterocycles. The molecule has 1 aromatic carbocycles. The van der Waals surface area contributed by atoms with Crippen molar-refractivity contribution < 1.29 is 9.18 Å². The van der Waals surface area contributed by atoms with E-state index in [2.05, 4.69) is 15.3 Å². The van der Waals surface area contributed by atoms with E-state index in [0.717, 1.165) is 18.4 Å². The SMILES string of the molecule is Cc1nc(Cl)nc(-c2ccc3c(c2)C(=O)NC32CC2)c1F. The molecule has 1 fully saturated rings. The van der Waals surface area contributed by atoms with Crippen LogP contribution < -0.4 is 5.32 Å². The lowest BCUT2D eigenvalue weighted by atomic mass is 9.99. The third-order valence-corrected chi connectivity index (χ3v) is 4.31. The van der Waals surface area contributed by atoms with Crippen LogP contribution in [-0.4, -0.2) is 15.9 Å². The lowest BCUT2D eigenvalue weighted by Crippen LogP contribution is -2.25. The summed E-state index contributed by atoms with van der Waals surface area (Å²) in [5, 5.41) is 2.99. The molecular formula is C15H11ClFN3O. The zero-order valence-electron chi connectivity index (χ0n) is 11.2. The number of fused-ring (bicyclic) bond motifs is 2. The minimum Gasteiger partial charge on any atom is -0.342 e. The van der Waals surface area contributed by atoms with Crippen molar-refractivity contribution in [3.8, 4) is 11.3 Å². The van der Waals surface area contributed by atoms with Crippen LogP contribution in [0.5, 0.6) is 0 Å². The summed E-state index contributed by atoms with van der Waals surface area (Å²) in [6.45, 7) is 1.53. The Hall–Kier alpha value is -2.01. The van der Waals surface area contributed by atoms with Gasteiger partial charge in [0.2, 0.25) is 5.28 Å². The zero-order chi connectivity index (χ0) is 14.8. The lowest BCUT2D eigenvalue weighted by molar-refractivity contribution is 0.0952. The van der Waals surface area contributed by atoms with E-state index in [9.17, 15) is 9.18 Å². The number of nitrogens with zero attached hydrogens (tertiary/aromatic N) is 2. The molecule has 6 heteroatoms. The highest BCUT2D eigenvalue weighted by Crippen LogP contribution is 2.50. The molecule has 0 unspecified atom stereocenters. The second kappa shape index (κ2) is 4.01. The molecular weight excluding hydrogens is 293 g/mol. The van der Waals surface area contributed by atoms with Gasteiger partial charge in [-0.2, -0.15) is 0 Å². The molecule has 1 aromatic heterocycles. The van der Waals surface area contributed by atoms with Crippen LogP contribution in [0.3, 0.4) is 0 Å². The Kier molecular flexibility index (Phi) is 2.43. The highest BCUT2D eigenvalue weighted by atomic mass is 35.5. The van der Waals surface area contributed by atoms with Gasteiger partial charge in [0.25, 0.3) is 5.91 Å². The van der Waals surface area contributed by atoms with Crippen molar-refractivity contribution >= 4 is 17.5 Å². The second-order valence-electron chi connectivity index (χ2n) is 5.54. The van der Waals surface area contributed by atoms with Crippen molar-refractivity contribution in [2.75, 3.05) is 0 Å². The maximum atomic E-state index is 14.2. The van der Waals surface area contributed by atoms with Crippen LogP contribution in [-0.2, 0) is 5.54 Å². The zero-order valence-corrected chi connectivity index (χ0v) is 12.0. The third-order valence-electron chi connectivity index (χ3n) is 4.15. The fourth-order valence-electron chi connectivity index (χ4n) is 2.88. The van der Waals surface area contributed by atoms with Crippen LogP contribution in [0, 0.1) is 12.7 Å². The number of hydrogen-bond donors (Lipinski definition) is 1. The topological polar surface area (TPSA) is 54.9 Å². The number of carbonyl (C=O) groups is 1. The molecule has 106 valence electrons. The van der Waals surface area contributed by atoms with Crippen LogP contribution in [0.4, 0.5) is 4.39 Å². The van der Waals surface area contributed by atoms with E-state index in [1.165, 1.54) is 6.92 Å². The van der Waals surface area contributed by atoms with Crippen LogP contribution >= 0.6 is 11.6 Å². The molecule has 1 N–H and O–H groups in total. The molecule has 1 aliphatic carbocycles. The van der Waals surface area contributed by atoms with Crippen LogP contribution in [0.25, 0.3) is 11.3 Å². The first-order valence-electron chi connectivity index (χ1n) is 6.67. The molecule has 1 amide bonds. The fraction of sp³-hybridized carbons (Fsp3) is 0.267. The van der Waals surface area contributed by atoms with Gasteiger partial charge in [0.15, 0.2) is 5.82 Å². The summed E-state index contributed by atoms with van der Waals surface area (Å²) in [4.78, 5) is 19.8. The Morgan fingerprint density at radius 3 is 2.81 bits per heavy atom. The predicted molar refractivity (Wildman–Crippen MR) is 75.6 cm³/mol. The highest BCUT2D eigenvalue weighted by molar-refractivity contribution is 6.28. The van der Waals surface area contributed by atoms with Gasteiger partial charge < -0.3 is 5.32 Å². The number of aryl methyl sites for hydroxylation is 1.